The van der Waals surface area contributed by atoms with E-state index >= 15 is 0 Å². The number of nitrogens with one attached hydrogen (secondary N) is 1. The molecule has 0 unspecified atom stereocenters. The number of H-pyrrole nitrogens is 1. The second-order valence-corrected chi connectivity index (χ2v) is 4.37. The van der Waals surface area contributed by atoms with E-state index in [1.165, 1.54) is 0 Å². The molecule has 0 fully saturated rings. The molecule has 1 N–H and O–H groups in total. The first-order chi connectivity index (χ1) is 9.34. The van der Waals surface area contributed by atoms with Gasteiger partial charge in [-0.3, -0.25) is 0 Å². The van der Waals surface area contributed by atoms with Crippen molar-refractivity contribution in [2.24, 2.45) is 0 Å². The van der Waals surface area contributed by atoms with E-state index in [1.54, 1.807) is 0 Å². The lowest BCUT2D eigenvalue weighted by Gasteiger charge is -2.01. The van der Waals surface area contributed by atoms with Crippen LogP contribution in [-0.4, -0.2) is 5.16 Å². The molecule has 19 heavy (non-hydrogen) atoms. The quantitative estimate of drug-likeness (QED) is 0.776. The van der Waals surface area contributed by atoms with Gasteiger partial charge in [-0.1, -0.05) is 60.7 Å². The minimum Gasteiger partial charge on any atom is -0.338 e. The number of hydrogen-bond donors (Lipinski definition) is 1. The third kappa shape index (κ3) is 2.36. The first-order valence-corrected chi connectivity index (χ1v) is 6.14. The highest BCUT2D eigenvalue weighted by molar-refractivity contribution is 5.62. The van der Waals surface area contributed by atoms with E-state index in [1.807, 2.05) is 60.7 Å². The smallest absolute Gasteiger partial charge is 0.338 e. The van der Waals surface area contributed by atoms with Crippen molar-refractivity contribution >= 4 is 0 Å². The molecule has 94 valence electrons. The number of hydrogen-bond acceptors (Lipinski definition) is 2. The number of rotatable bonds is 3. The van der Waals surface area contributed by atoms with Crippen molar-refractivity contribution in [3.8, 4) is 11.3 Å². The van der Waals surface area contributed by atoms with Crippen molar-refractivity contribution in [3.05, 3.63) is 82.2 Å². The number of aromatic nitrogens is 1. The molecule has 2 aromatic carbocycles. The Labute approximate surface area is 110 Å². The highest BCUT2D eigenvalue weighted by Gasteiger charge is 2.13. The maximum Gasteiger partial charge on any atom is 0.361 e. The normalized spacial score (nSPS) is 10.5. The van der Waals surface area contributed by atoms with Crippen molar-refractivity contribution in [2.75, 3.05) is 0 Å². The lowest BCUT2D eigenvalue weighted by Crippen LogP contribution is -2.03. The SMILES string of the molecule is O=c1o[nH]c(-c2ccccc2)c1Cc1ccccc1. The van der Waals surface area contributed by atoms with Gasteiger partial charge in [0, 0.05) is 12.0 Å². The minimum absolute atomic E-state index is 0.303. The molecular formula is C16H13NO2. The van der Waals surface area contributed by atoms with E-state index in [9.17, 15) is 4.79 Å². The first kappa shape index (κ1) is 11.5. The summed E-state index contributed by atoms with van der Waals surface area (Å²) in [4.78, 5) is 11.8. The Kier molecular flexibility index (Phi) is 3.02. The van der Waals surface area contributed by atoms with Crippen LogP contribution in [0, 0.1) is 0 Å². The lowest BCUT2D eigenvalue weighted by molar-refractivity contribution is 0.392. The Morgan fingerprint density at radius 3 is 2.21 bits per heavy atom. The van der Waals surface area contributed by atoms with Crippen LogP contribution in [-0.2, 0) is 6.42 Å². The van der Waals surface area contributed by atoms with Crippen LogP contribution in [0.1, 0.15) is 11.1 Å². The van der Waals surface area contributed by atoms with Crippen molar-refractivity contribution < 1.29 is 4.52 Å². The standard InChI is InChI=1S/C16H13NO2/c18-16-14(11-12-7-3-1-4-8-12)15(17-19-16)13-9-5-2-6-10-13/h1-10,17H,11H2. The zero-order chi connectivity index (χ0) is 13.1. The molecule has 3 aromatic rings. The highest BCUT2D eigenvalue weighted by atomic mass is 16.5. The predicted molar refractivity (Wildman–Crippen MR) is 74.0 cm³/mol. The van der Waals surface area contributed by atoms with Crippen LogP contribution < -0.4 is 5.63 Å². The molecule has 0 saturated carbocycles. The summed E-state index contributed by atoms with van der Waals surface area (Å²) >= 11 is 0. The van der Waals surface area contributed by atoms with Gasteiger partial charge < -0.3 is 4.52 Å². The molecule has 1 aromatic heterocycles. The van der Waals surface area contributed by atoms with Gasteiger partial charge in [0.15, 0.2) is 0 Å². The van der Waals surface area contributed by atoms with Crippen molar-refractivity contribution in [3.63, 3.8) is 0 Å². The molecule has 0 aliphatic carbocycles. The Morgan fingerprint density at radius 2 is 1.53 bits per heavy atom. The highest BCUT2D eigenvalue weighted by Crippen LogP contribution is 2.21. The van der Waals surface area contributed by atoms with Crippen molar-refractivity contribution in [2.45, 2.75) is 6.42 Å². The molecule has 3 heteroatoms. The molecule has 0 bridgehead atoms. The van der Waals surface area contributed by atoms with Gasteiger partial charge in [0.05, 0.1) is 11.3 Å². The second-order valence-electron chi connectivity index (χ2n) is 4.37. The predicted octanol–water partition coefficient (Wildman–Crippen LogP) is 3.23. The van der Waals surface area contributed by atoms with Crippen LogP contribution in [0.4, 0.5) is 0 Å². The van der Waals surface area contributed by atoms with Crippen LogP contribution in [0.15, 0.2) is 70.0 Å². The Hall–Kier alpha value is -2.55. The summed E-state index contributed by atoms with van der Waals surface area (Å²) in [7, 11) is 0. The van der Waals surface area contributed by atoms with Gasteiger partial charge in [0.1, 0.15) is 0 Å². The van der Waals surface area contributed by atoms with Gasteiger partial charge in [-0.15, -0.1) is 0 Å². The van der Waals surface area contributed by atoms with Gasteiger partial charge in [-0.2, -0.15) is 0 Å². The van der Waals surface area contributed by atoms with Gasteiger partial charge in [-0.05, 0) is 5.56 Å². The maximum atomic E-state index is 11.8. The maximum absolute atomic E-state index is 11.8. The summed E-state index contributed by atoms with van der Waals surface area (Å²) < 4.78 is 4.94. The molecular weight excluding hydrogens is 238 g/mol. The van der Waals surface area contributed by atoms with Crippen LogP contribution in [0.5, 0.6) is 0 Å². The summed E-state index contributed by atoms with van der Waals surface area (Å²) in [6, 6.07) is 19.6. The molecule has 0 saturated heterocycles. The zero-order valence-corrected chi connectivity index (χ0v) is 10.3. The molecule has 0 aliphatic rings. The monoisotopic (exact) mass is 251 g/mol. The van der Waals surface area contributed by atoms with Crippen LogP contribution in [0.3, 0.4) is 0 Å². The summed E-state index contributed by atoms with van der Waals surface area (Å²) in [6.07, 6.45) is 0.566. The average molecular weight is 251 g/mol. The molecule has 0 spiro atoms. The van der Waals surface area contributed by atoms with E-state index in [4.69, 9.17) is 4.52 Å². The largest absolute Gasteiger partial charge is 0.361 e. The molecule has 3 rings (SSSR count). The molecule has 1 heterocycles. The fraction of sp³-hybridized carbons (Fsp3) is 0.0625. The molecule has 0 amide bonds. The summed E-state index contributed by atoms with van der Waals surface area (Å²) in [5.41, 5.74) is 3.17. The first-order valence-electron chi connectivity index (χ1n) is 6.14. The summed E-state index contributed by atoms with van der Waals surface area (Å²) in [6.45, 7) is 0. The Morgan fingerprint density at radius 1 is 0.895 bits per heavy atom. The van der Waals surface area contributed by atoms with Gasteiger partial charge in [0.25, 0.3) is 0 Å². The molecule has 0 aliphatic heterocycles. The van der Waals surface area contributed by atoms with E-state index in [2.05, 4.69) is 5.16 Å². The van der Waals surface area contributed by atoms with Gasteiger partial charge >= 0.3 is 5.63 Å². The molecule has 3 nitrogen and oxygen atoms in total. The second kappa shape index (κ2) is 4.98. The van der Waals surface area contributed by atoms with Gasteiger partial charge in [-0.25, -0.2) is 9.95 Å². The fourth-order valence-corrected chi connectivity index (χ4v) is 2.12. The van der Waals surface area contributed by atoms with E-state index in [0.717, 1.165) is 16.8 Å². The van der Waals surface area contributed by atoms with Crippen LogP contribution in [0.2, 0.25) is 0 Å². The summed E-state index contributed by atoms with van der Waals surface area (Å²) in [5.74, 6) is 0. The van der Waals surface area contributed by atoms with Crippen molar-refractivity contribution in [1.29, 1.82) is 0 Å². The number of aromatic amines is 1. The Balaban J connectivity index is 2.03. The fourth-order valence-electron chi connectivity index (χ4n) is 2.12. The topological polar surface area (TPSA) is 46.0 Å². The molecule has 0 radical (unpaired) electrons. The van der Waals surface area contributed by atoms with Crippen molar-refractivity contribution in [1.82, 2.24) is 5.16 Å². The van der Waals surface area contributed by atoms with E-state index < -0.39 is 0 Å². The Bertz CT molecular complexity index is 711. The minimum atomic E-state index is -0.303. The third-order valence-electron chi connectivity index (χ3n) is 3.08. The lowest BCUT2D eigenvalue weighted by atomic mass is 10.0. The number of benzene rings is 2. The zero-order valence-electron chi connectivity index (χ0n) is 10.3. The third-order valence-corrected chi connectivity index (χ3v) is 3.08. The van der Waals surface area contributed by atoms with Gasteiger partial charge in [0.2, 0.25) is 0 Å². The molecule has 0 atom stereocenters. The van der Waals surface area contributed by atoms with Crippen LogP contribution in [0.25, 0.3) is 11.3 Å². The average Bonchev–Trinajstić information content (AvgIpc) is 2.82. The summed E-state index contributed by atoms with van der Waals surface area (Å²) in [5, 5.41) is 2.72. The van der Waals surface area contributed by atoms with E-state index in [0.29, 0.717) is 12.0 Å². The van der Waals surface area contributed by atoms with E-state index in [-0.39, 0.29) is 5.63 Å². The van der Waals surface area contributed by atoms with Crippen LogP contribution >= 0.6 is 0 Å².